The Morgan fingerprint density at radius 2 is 2.23 bits per heavy atom. The van der Waals surface area contributed by atoms with Gasteiger partial charge in [0.15, 0.2) is 0 Å². The van der Waals surface area contributed by atoms with Gasteiger partial charge in [0.25, 0.3) is 0 Å². The summed E-state index contributed by atoms with van der Waals surface area (Å²) in [6, 6.07) is 0.609. The second kappa shape index (κ2) is 4.28. The second-order valence-electron chi connectivity index (χ2n) is 2.92. The van der Waals surface area contributed by atoms with Crippen LogP contribution in [-0.4, -0.2) is 4.98 Å². The van der Waals surface area contributed by atoms with E-state index in [0.29, 0.717) is 6.42 Å². The zero-order valence-electron chi connectivity index (χ0n) is 7.43. The van der Waals surface area contributed by atoms with Crippen LogP contribution in [0.3, 0.4) is 0 Å². The molecule has 0 aromatic carbocycles. The molecule has 0 aliphatic heterocycles. The normalized spacial score (nSPS) is 12.9. The van der Waals surface area contributed by atoms with Crippen LogP contribution in [0.4, 0.5) is 8.78 Å². The molecule has 0 unspecified atom stereocenters. The molecular formula is C9H12F2N2. The Labute approximate surface area is 75.8 Å². The highest BCUT2D eigenvalue weighted by molar-refractivity contribution is 5.17. The maximum Gasteiger partial charge on any atom is 0.213 e. The topological polar surface area (TPSA) is 38.9 Å². The number of aromatic nitrogens is 1. The van der Waals surface area contributed by atoms with E-state index in [1.165, 1.54) is 0 Å². The summed E-state index contributed by atoms with van der Waals surface area (Å²) >= 11 is 0. The van der Waals surface area contributed by atoms with Gasteiger partial charge in [0.2, 0.25) is 5.95 Å². The lowest BCUT2D eigenvalue weighted by Gasteiger charge is -2.10. The Balaban J connectivity index is 2.91. The quantitative estimate of drug-likeness (QED) is 0.734. The van der Waals surface area contributed by atoms with E-state index < -0.39 is 17.8 Å². The van der Waals surface area contributed by atoms with Crippen LogP contribution in [0, 0.1) is 11.8 Å². The maximum absolute atomic E-state index is 13.0. The van der Waals surface area contributed by atoms with Crippen LogP contribution in [-0.2, 0) is 0 Å². The molecule has 1 atom stereocenters. The lowest BCUT2D eigenvalue weighted by Crippen LogP contribution is -2.12. The van der Waals surface area contributed by atoms with E-state index in [9.17, 15) is 8.78 Å². The highest BCUT2D eigenvalue weighted by Gasteiger charge is 2.11. The standard InChI is InChI=1S/C9H12F2N2/c1-2-3-8(12)6-4-9(11)13-5-7(6)10/h4-5,8H,2-3,12H2,1H3/t8-/m0/s1. The second-order valence-corrected chi connectivity index (χ2v) is 2.92. The summed E-state index contributed by atoms with van der Waals surface area (Å²) in [7, 11) is 0. The Hall–Kier alpha value is -1.03. The molecule has 0 spiro atoms. The number of halogens is 2. The molecule has 0 aliphatic rings. The summed E-state index contributed by atoms with van der Waals surface area (Å²) < 4.78 is 25.6. The molecule has 13 heavy (non-hydrogen) atoms. The Kier molecular flexibility index (Phi) is 3.31. The van der Waals surface area contributed by atoms with E-state index in [0.717, 1.165) is 18.7 Å². The van der Waals surface area contributed by atoms with Gasteiger partial charge in [-0.15, -0.1) is 0 Å². The third kappa shape index (κ3) is 2.45. The van der Waals surface area contributed by atoms with Crippen molar-refractivity contribution in [3.05, 3.63) is 29.6 Å². The van der Waals surface area contributed by atoms with Gasteiger partial charge in [-0.2, -0.15) is 4.39 Å². The van der Waals surface area contributed by atoms with Gasteiger partial charge < -0.3 is 5.73 Å². The first-order valence-corrected chi connectivity index (χ1v) is 4.21. The molecule has 0 saturated carbocycles. The van der Waals surface area contributed by atoms with Crippen molar-refractivity contribution in [3.8, 4) is 0 Å². The molecule has 72 valence electrons. The third-order valence-corrected chi connectivity index (χ3v) is 1.85. The molecule has 1 aromatic heterocycles. The Morgan fingerprint density at radius 3 is 2.85 bits per heavy atom. The number of hydrogen-bond acceptors (Lipinski definition) is 2. The molecule has 0 amide bonds. The first-order chi connectivity index (χ1) is 6.15. The van der Waals surface area contributed by atoms with Gasteiger partial charge in [0.1, 0.15) is 5.82 Å². The number of hydrogen-bond donors (Lipinski definition) is 1. The average molecular weight is 186 g/mol. The molecular weight excluding hydrogens is 174 g/mol. The summed E-state index contributed by atoms with van der Waals surface area (Å²) in [6.07, 6.45) is 2.34. The van der Waals surface area contributed by atoms with Crippen molar-refractivity contribution in [3.63, 3.8) is 0 Å². The van der Waals surface area contributed by atoms with Gasteiger partial charge in [-0.3, -0.25) is 0 Å². The smallest absolute Gasteiger partial charge is 0.213 e. The van der Waals surface area contributed by atoms with Crippen molar-refractivity contribution in [1.82, 2.24) is 4.98 Å². The lowest BCUT2D eigenvalue weighted by atomic mass is 10.0. The van der Waals surface area contributed by atoms with E-state index >= 15 is 0 Å². The molecule has 4 heteroatoms. The highest BCUT2D eigenvalue weighted by Crippen LogP contribution is 2.18. The summed E-state index contributed by atoms with van der Waals surface area (Å²) in [4.78, 5) is 3.18. The number of pyridine rings is 1. The number of nitrogens with two attached hydrogens (primary N) is 1. The van der Waals surface area contributed by atoms with Crippen LogP contribution in [0.25, 0.3) is 0 Å². The predicted octanol–water partition coefficient (Wildman–Crippen LogP) is 2.16. The van der Waals surface area contributed by atoms with Gasteiger partial charge in [0.05, 0.1) is 6.20 Å². The van der Waals surface area contributed by atoms with Gasteiger partial charge in [-0.25, -0.2) is 9.37 Å². The molecule has 1 aromatic rings. The predicted molar refractivity (Wildman–Crippen MR) is 46.0 cm³/mol. The number of rotatable bonds is 3. The van der Waals surface area contributed by atoms with E-state index in [1.807, 2.05) is 6.92 Å². The minimum Gasteiger partial charge on any atom is -0.324 e. The monoisotopic (exact) mass is 186 g/mol. The molecule has 2 nitrogen and oxygen atoms in total. The molecule has 0 saturated heterocycles. The van der Waals surface area contributed by atoms with Crippen molar-refractivity contribution in [2.75, 3.05) is 0 Å². The molecule has 0 radical (unpaired) electrons. The first kappa shape index (κ1) is 10.1. The molecule has 0 fully saturated rings. The summed E-state index contributed by atoms with van der Waals surface area (Å²) in [6.45, 7) is 1.94. The van der Waals surface area contributed by atoms with E-state index in [2.05, 4.69) is 4.98 Å². The average Bonchev–Trinajstić information content (AvgIpc) is 2.09. The van der Waals surface area contributed by atoms with Gasteiger partial charge in [0, 0.05) is 17.7 Å². The maximum atomic E-state index is 13.0. The van der Waals surface area contributed by atoms with Gasteiger partial charge in [-0.1, -0.05) is 13.3 Å². The first-order valence-electron chi connectivity index (χ1n) is 4.21. The van der Waals surface area contributed by atoms with Crippen molar-refractivity contribution < 1.29 is 8.78 Å². The van der Waals surface area contributed by atoms with Crippen LogP contribution in [0.5, 0.6) is 0 Å². The van der Waals surface area contributed by atoms with Crippen LogP contribution < -0.4 is 5.73 Å². The molecule has 0 bridgehead atoms. The van der Waals surface area contributed by atoms with Gasteiger partial charge in [-0.05, 0) is 6.42 Å². The van der Waals surface area contributed by atoms with E-state index in [-0.39, 0.29) is 5.56 Å². The Bertz CT molecular complexity index is 289. The van der Waals surface area contributed by atoms with E-state index in [4.69, 9.17) is 5.73 Å². The van der Waals surface area contributed by atoms with Crippen molar-refractivity contribution in [2.45, 2.75) is 25.8 Å². The van der Waals surface area contributed by atoms with Crippen molar-refractivity contribution in [1.29, 1.82) is 0 Å². The van der Waals surface area contributed by atoms with Gasteiger partial charge >= 0.3 is 0 Å². The third-order valence-electron chi connectivity index (χ3n) is 1.85. The summed E-state index contributed by atoms with van der Waals surface area (Å²) in [5.74, 6) is -1.23. The molecule has 0 aliphatic carbocycles. The molecule has 1 rings (SSSR count). The van der Waals surface area contributed by atoms with Crippen LogP contribution in [0.15, 0.2) is 12.3 Å². The minimum atomic E-state index is -0.692. The zero-order valence-corrected chi connectivity index (χ0v) is 7.43. The van der Waals surface area contributed by atoms with Crippen molar-refractivity contribution in [2.24, 2.45) is 5.73 Å². The molecule has 1 heterocycles. The highest BCUT2D eigenvalue weighted by atomic mass is 19.1. The van der Waals surface area contributed by atoms with Crippen LogP contribution in [0.1, 0.15) is 31.4 Å². The minimum absolute atomic E-state index is 0.203. The summed E-state index contributed by atoms with van der Waals surface area (Å²) in [5.41, 5.74) is 5.84. The van der Waals surface area contributed by atoms with Crippen LogP contribution >= 0.6 is 0 Å². The number of nitrogens with zero attached hydrogens (tertiary/aromatic N) is 1. The lowest BCUT2D eigenvalue weighted by molar-refractivity contribution is 0.523. The summed E-state index contributed by atoms with van der Waals surface area (Å²) in [5, 5.41) is 0. The fourth-order valence-electron chi connectivity index (χ4n) is 1.18. The fourth-order valence-corrected chi connectivity index (χ4v) is 1.18. The largest absolute Gasteiger partial charge is 0.324 e. The fraction of sp³-hybridized carbons (Fsp3) is 0.444. The van der Waals surface area contributed by atoms with Crippen LogP contribution in [0.2, 0.25) is 0 Å². The SMILES string of the molecule is CCC[C@H](N)c1cc(F)ncc1F. The molecule has 2 N–H and O–H groups in total. The Morgan fingerprint density at radius 1 is 1.54 bits per heavy atom. The zero-order chi connectivity index (χ0) is 9.84. The van der Waals surface area contributed by atoms with Crippen molar-refractivity contribution >= 4 is 0 Å². The van der Waals surface area contributed by atoms with E-state index in [1.54, 1.807) is 0 Å².